The van der Waals surface area contributed by atoms with Gasteiger partial charge in [0.1, 0.15) is 17.3 Å². The van der Waals surface area contributed by atoms with E-state index in [0.717, 1.165) is 12.1 Å². The second-order valence-corrected chi connectivity index (χ2v) is 7.78. The Kier molecular flexibility index (Phi) is 4.77. The van der Waals surface area contributed by atoms with Gasteiger partial charge in [0.05, 0.1) is 43.6 Å². The lowest BCUT2D eigenvalue weighted by atomic mass is 10.0. The van der Waals surface area contributed by atoms with Crippen molar-refractivity contribution < 1.29 is 23.4 Å². The van der Waals surface area contributed by atoms with Gasteiger partial charge in [-0.2, -0.15) is 0 Å². The van der Waals surface area contributed by atoms with Crippen LogP contribution in [0.1, 0.15) is 29.0 Å². The van der Waals surface area contributed by atoms with Crippen molar-refractivity contribution in [2.45, 2.75) is 25.6 Å². The van der Waals surface area contributed by atoms with E-state index in [1.165, 1.54) is 23.1 Å². The standard InChI is InChI=1S/C21H19F2N5O4/c1-2-27-16-9-32-10-17(16)28-7-13(19(29)20(30)18(28)21(27)31)15-8-26(25-24-15)6-11-3-4-12(22)5-14(11)23/h3-5,7-8,16-17,30H,2,6,9-10H2,1H3. The number of hydrogen-bond donors (Lipinski definition) is 1. The van der Waals surface area contributed by atoms with E-state index in [1.54, 1.807) is 9.47 Å². The molecule has 0 spiro atoms. The Morgan fingerprint density at radius 2 is 1.97 bits per heavy atom. The largest absolute Gasteiger partial charge is 0.503 e. The molecule has 4 heterocycles. The van der Waals surface area contributed by atoms with Crippen LogP contribution in [0.2, 0.25) is 0 Å². The number of aromatic hydroxyl groups is 1. The average molecular weight is 443 g/mol. The molecule has 0 radical (unpaired) electrons. The number of hydrogen-bond acceptors (Lipinski definition) is 6. The van der Waals surface area contributed by atoms with Gasteiger partial charge < -0.3 is 19.3 Å². The van der Waals surface area contributed by atoms with Gasteiger partial charge in [-0.1, -0.05) is 11.3 Å². The minimum atomic E-state index is -0.752. The molecule has 0 saturated carbocycles. The van der Waals surface area contributed by atoms with Crippen LogP contribution < -0.4 is 5.43 Å². The zero-order valence-corrected chi connectivity index (χ0v) is 17.0. The van der Waals surface area contributed by atoms with Crippen molar-refractivity contribution in [2.24, 2.45) is 0 Å². The second-order valence-electron chi connectivity index (χ2n) is 7.78. The maximum Gasteiger partial charge on any atom is 0.274 e. The molecular weight excluding hydrogens is 424 g/mol. The first-order valence-corrected chi connectivity index (χ1v) is 10.1. The van der Waals surface area contributed by atoms with E-state index in [0.29, 0.717) is 19.8 Å². The van der Waals surface area contributed by atoms with Crippen LogP contribution in [0, 0.1) is 11.6 Å². The van der Waals surface area contributed by atoms with Gasteiger partial charge in [0.2, 0.25) is 5.43 Å². The fraction of sp³-hybridized carbons (Fsp3) is 0.333. The summed E-state index contributed by atoms with van der Waals surface area (Å²) >= 11 is 0. The fourth-order valence-corrected chi connectivity index (χ4v) is 4.36. The molecule has 2 atom stereocenters. The Labute approximate surface area is 180 Å². The molecule has 0 aliphatic carbocycles. The van der Waals surface area contributed by atoms with Crippen LogP contribution in [0.5, 0.6) is 5.75 Å². The predicted octanol–water partition coefficient (Wildman–Crippen LogP) is 1.55. The molecule has 3 aromatic rings. The zero-order valence-electron chi connectivity index (χ0n) is 17.0. The third-order valence-corrected chi connectivity index (χ3v) is 5.96. The third kappa shape index (κ3) is 3.08. The highest BCUT2D eigenvalue weighted by Crippen LogP contribution is 2.35. The topological polar surface area (TPSA) is 102 Å². The summed E-state index contributed by atoms with van der Waals surface area (Å²) in [6, 6.07) is 2.76. The van der Waals surface area contributed by atoms with Gasteiger partial charge in [0.15, 0.2) is 11.4 Å². The summed E-state index contributed by atoms with van der Waals surface area (Å²) in [6.45, 7) is 2.92. The van der Waals surface area contributed by atoms with E-state index < -0.39 is 28.7 Å². The summed E-state index contributed by atoms with van der Waals surface area (Å²) in [5.41, 5.74) is -0.417. The second kappa shape index (κ2) is 7.52. The first-order chi connectivity index (χ1) is 15.4. The van der Waals surface area contributed by atoms with Gasteiger partial charge >= 0.3 is 0 Å². The van der Waals surface area contributed by atoms with Crippen molar-refractivity contribution in [1.29, 1.82) is 0 Å². The molecule has 166 valence electrons. The highest BCUT2D eigenvalue weighted by molar-refractivity contribution is 5.96. The number of fused-ring (bicyclic) bond motifs is 3. The number of halogens is 2. The number of aromatic nitrogens is 4. The van der Waals surface area contributed by atoms with Crippen molar-refractivity contribution >= 4 is 5.91 Å². The number of pyridine rings is 1. The number of rotatable bonds is 4. The Balaban J connectivity index is 1.55. The van der Waals surface area contributed by atoms with E-state index >= 15 is 0 Å². The summed E-state index contributed by atoms with van der Waals surface area (Å²) < 4.78 is 35.5. The molecule has 32 heavy (non-hydrogen) atoms. The molecule has 0 bridgehead atoms. The molecule has 5 rings (SSSR count). The molecular formula is C21H19F2N5O4. The van der Waals surface area contributed by atoms with Gasteiger partial charge in [-0.15, -0.1) is 5.10 Å². The number of ether oxygens (including phenoxy) is 1. The van der Waals surface area contributed by atoms with E-state index in [2.05, 4.69) is 10.3 Å². The van der Waals surface area contributed by atoms with Crippen molar-refractivity contribution in [3.8, 4) is 17.0 Å². The Hall–Kier alpha value is -3.60. The van der Waals surface area contributed by atoms with E-state index in [4.69, 9.17) is 4.74 Å². The maximum atomic E-state index is 14.0. The first-order valence-electron chi connectivity index (χ1n) is 10.1. The summed E-state index contributed by atoms with van der Waals surface area (Å²) in [4.78, 5) is 27.4. The molecule has 2 aliphatic rings. The molecule has 1 saturated heterocycles. The van der Waals surface area contributed by atoms with Gasteiger partial charge in [-0.05, 0) is 13.0 Å². The van der Waals surface area contributed by atoms with Crippen molar-refractivity contribution in [3.05, 3.63) is 63.7 Å². The van der Waals surface area contributed by atoms with Crippen LogP contribution in [0.15, 0.2) is 35.4 Å². The number of carbonyl (C=O) groups excluding carboxylic acids is 1. The Morgan fingerprint density at radius 1 is 1.19 bits per heavy atom. The molecule has 1 N–H and O–H groups in total. The Morgan fingerprint density at radius 3 is 2.72 bits per heavy atom. The van der Waals surface area contributed by atoms with Gasteiger partial charge in [-0.25, -0.2) is 13.5 Å². The lowest BCUT2D eigenvalue weighted by Gasteiger charge is -2.38. The first kappa shape index (κ1) is 20.3. The molecule has 1 aromatic carbocycles. The predicted molar refractivity (Wildman–Crippen MR) is 107 cm³/mol. The summed E-state index contributed by atoms with van der Waals surface area (Å²) in [6.07, 6.45) is 2.92. The van der Waals surface area contributed by atoms with E-state index in [1.807, 2.05) is 6.92 Å². The number of carbonyl (C=O) groups is 1. The van der Waals surface area contributed by atoms with Crippen LogP contribution in [0.4, 0.5) is 8.78 Å². The number of nitrogens with zero attached hydrogens (tertiary/aromatic N) is 5. The van der Waals surface area contributed by atoms with Gasteiger partial charge in [0.25, 0.3) is 5.91 Å². The summed E-state index contributed by atoms with van der Waals surface area (Å²) in [5.74, 6) is -2.50. The quantitative estimate of drug-likeness (QED) is 0.657. The lowest BCUT2D eigenvalue weighted by molar-refractivity contribution is 0.0571. The summed E-state index contributed by atoms with van der Waals surface area (Å²) in [5, 5.41) is 18.5. The molecule has 9 nitrogen and oxygen atoms in total. The summed E-state index contributed by atoms with van der Waals surface area (Å²) in [7, 11) is 0. The average Bonchev–Trinajstić information content (AvgIpc) is 3.42. The molecule has 1 fully saturated rings. The van der Waals surface area contributed by atoms with Crippen molar-refractivity contribution in [3.63, 3.8) is 0 Å². The number of likely N-dealkylation sites (N-methyl/N-ethyl adjacent to an activating group) is 1. The number of amides is 1. The minimum Gasteiger partial charge on any atom is -0.503 e. The number of benzene rings is 1. The van der Waals surface area contributed by atoms with Crippen LogP contribution >= 0.6 is 0 Å². The maximum absolute atomic E-state index is 14.0. The SMILES string of the molecule is CCN1C(=O)c2c(O)c(=O)c(-c3cn(Cc4ccc(F)cc4F)nn3)cn2C2COCC21. The van der Waals surface area contributed by atoms with Crippen LogP contribution in [-0.4, -0.2) is 61.3 Å². The normalized spacial score (nSPS) is 19.8. The van der Waals surface area contributed by atoms with Crippen molar-refractivity contribution in [1.82, 2.24) is 24.5 Å². The highest BCUT2D eigenvalue weighted by Gasteiger charge is 2.44. The molecule has 2 unspecified atom stereocenters. The van der Waals surface area contributed by atoms with E-state index in [-0.39, 0.29) is 41.1 Å². The molecule has 2 aliphatic heterocycles. The molecule has 1 amide bonds. The van der Waals surface area contributed by atoms with Crippen LogP contribution in [0.25, 0.3) is 11.3 Å². The Bertz CT molecular complexity index is 1290. The minimum absolute atomic E-state index is 0.0279. The fourth-order valence-electron chi connectivity index (χ4n) is 4.36. The molecule has 2 aromatic heterocycles. The van der Waals surface area contributed by atoms with Crippen LogP contribution in [-0.2, 0) is 11.3 Å². The lowest BCUT2D eigenvalue weighted by Crippen LogP contribution is -2.51. The molecule has 11 heteroatoms. The zero-order chi connectivity index (χ0) is 22.6. The van der Waals surface area contributed by atoms with Crippen molar-refractivity contribution in [2.75, 3.05) is 19.8 Å². The third-order valence-electron chi connectivity index (χ3n) is 5.96. The van der Waals surface area contributed by atoms with Crippen LogP contribution in [0.3, 0.4) is 0 Å². The monoisotopic (exact) mass is 443 g/mol. The highest BCUT2D eigenvalue weighted by atomic mass is 19.1. The van der Waals surface area contributed by atoms with Gasteiger partial charge in [0, 0.05) is 24.4 Å². The van der Waals surface area contributed by atoms with E-state index in [9.17, 15) is 23.5 Å². The van der Waals surface area contributed by atoms with Gasteiger partial charge in [-0.3, -0.25) is 9.59 Å². The smallest absolute Gasteiger partial charge is 0.274 e.